The molecule has 2 aromatic heterocycles. The number of nitrogens with zero attached hydrogens (tertiary/aromatic N) is 5. The van der Waals surface area contributed by atoms with Gasteiger partial charge in [-0.15, -0.1) is 0 Å². The highest BCUT2D eigenvalue weighted by molar-refractivity contribution is 5.68. The van der Waals surface area contributed by atoms with Crippen LogP contribution >= 0.6 is 0 Å². The van der Waals surface area contributed by atoms with Gasteiger partial charge in [-0.25, -0.2) is 9.37 Å². The number of aromatic nitrogens is 4. The van der Waals surface area contributed by atoms with Crippen LogP contribution in [0.15, 0.2) is 42.9 Å². The van der Waals surface area contributed by atoms with Crippen molar-refractivity contribution in [2.24, 2.45) is 0 Å². The quantitative estimate of drug-likeness (QED) is 0.701. The lowest BCUT2D eigenvalue weighted by Crippen LogP contribution is -2.23. The van der Waals surface area contributed by atoms with E-state index in [0.29, 0.717) is 11.6 Å². The summed E-state index contributed by atoms with van der Waals surface area (Å²) in [7, 11) is 0. The molecule has 1 aliphatic rings. The Morgan fingerprint density at radius 2 is 1.86 bits per heavy atom. The molecule has 1 fully saturated rings. The van der Waals surface area contributed by atoms with Gasteiger partial charge < -0.3 is 16.0 Å². The number of nitrogens with one attached hydrogen (secondary N) is 1. The highest BCUT2D eigenvalue weighted by Crippen LogP contribution is 2.38. The Morgan fingerprint density at radius 1 is 1.11 bits per heavy atom. The molecule has 3 N–H and O–H groups in total. The van der Waals surface area contributed by atoms with E-state index in [0.717, 1.165) is 42.9 Å². The Morgan fingerprint density at radius 3 is 2.54 bits per heavy atom. The monoisotopic (exact) mass is 379 g/mol. The lowest BCUT2D eigenvalue weighted by Gasteiger charge is -2.26. The summed E-state index contributed by atoms with van der Waals surface area (Å²) in [5.41, 5.74) is 7.91. The molecule has 8 heteroatoms. The Labute approximate surface area is 162 Å². The molecular weight excluding hydrogens is 357 g/mol. The summed E-state index contributed by atoms with van der Waals surface area (Å²) in [5, 5.41) is 3.23. The average molecular weight is 379 g/mol. The minimum absolute atomic E-state index is 0.0732. The first kappa shape index (κ1) is 18.1. The lowest BCUT2D eigenvalue weighted by molar-refractivity contribution is 0.626. The van der Waals surface area contributed by atoms with Gasteiger partial charge in [0.05, 0.1) is 6.20 Å². The number of hydrogen-bond donors (Lipinski definition) is 2. The van der Waals surface area contributed by atoms with Crippen molar-refractivity contribution in [3.05, 3.63) is 59.8 Å². The van der Waals surface area contributed by atoms with E-state index >= 15 is 0 Å². The van der Waals surface area contributed by atoms with Crippen molar-refractivity contribution in [2.45, 2.75) is 25.7 Å². The molecule has 1 unspecified atom stereocenters. The summed E-state index contributed by atoms with van der Waals surface area (Å²) in [5.74, 6) is 1.84. The molecule has 1 aromatic carbocycles. The number of rotatable bonds is 5. The highest BCUT2D eigenvalue weighted by Gasteiger charge is 2.26. The lowest BCUT2D eigenvalue weighted by atomic mass is 9.93. The van der Waals surface area contributed by atoms with E-state index in [2.05, 4.69) is 37.1 Å². The minimum atomic E-state index is -0.262. The summed E-state index contributed by atoms with van der Waals surface area (Å²) < 4.78 is 13.4. The molecule has 144 valence electrons. The maximum Gasteiger partial charge on any atom is 0.223 e. The van der Waals surface area contributed by atoms with Gasteiger partial charge in [-0.05, 0) is 30.5 Å². The topological polar surface area (TPSA) is 92.8 Å². The van der Waals surface area contributed by atoms with Crippen LogP contribution in [0, 0.1) is 5.82 Å². The van der Waals surface area contributed by atoms with Crippen LogP contribution in [0.25, 0.3) is 0 Å². The Balaban J connectivity index is 1.83. The third kappa shape index (κ3) is 3.71. The molecule has 4 rings (SSSR count). The molecule has 0 radical (unpaired) electrons. The molecule has 7 nitrogen and oxygen atoms in total. The smallest absolute Gasteiger partial charge is 0.223 e. The molecule has 1 aliphatic heterocycles. The van der Waals surface area contributed by atoms with Gasteiger partial charge in [0.1, 0.15) is 23.3 Å². The predicted octanol–water partition coefficient (Wildman–Crippen LogP) is 3.48. The molecule has 0 saturated carbocycles. The Bertz CT molecular complexity index is 941. The SMILES string of the molecule is CC(c1ccc(F)cc1)c1c(Nc2cnccn2)nc(N)nc1N1CCCC1. The number of nitrogen functional groups attached to an aromatic ring is 1. The average Bonchev–Trinajstić information content (AvgIpc) is 3.23. The van der Waals surface area contributed by atoms with Gasteiger partial charge in [0.2, 0.25) is 5.95 Å². The standard InChI is InChI=1S/C20H22FN7/c1-13(14-4-6-15(21)7-5-14)17-18(25-16-12-23-8-9-24-16)26-20(22)27-19(17)28-10-2-3-11-28/h4-9,12-13H,2-3,10-11H2,1H3,(H3,22,24,25,26,27). The summed E-state index contributed by atoms with van der Waals surface area (Å²) in [4.78, 5) is 19.6. The van der Waals surface area contributed by atoms with Crippen LogP contribution < -0.4 is 16.0 Å². The number of nitrogens with two attached hydrogens (primary N) is 1. The summed E-state index contributed by atoms with van der Waals surface area (Å²) in [6.07, 6.45) is 7.07. The van der Waals surface area contributed by atoms with E-state index in [1.54, 1.807) is 30.7 Å². The summed E-state index contributed by atoms with van der Waals surface area (Å²) in [6.45, 7) is 3.90. The maximum atomic E-state index is 13.4. The van der Waals surface area contributed by atoms with Crippen LogP contribution in [0.1, 0.15) is 36.8 Å². The van der Waals surface area contributed by atoms with Crippen LogP contribution in [0.4, 0.5) is 27.8 Å². The molecule has 3 heterocycles. The summed E-state index contributed by atoms with van der Waals surface area (Å²) in [6, 6.07) is 6.51. The third-order valence-electron chi connectivity index (χ3n) is 4.96. The second kappa shape index (κ2) is 7.75. The molecule has 28 heavy (non-hydrogen) atoms. The molecule has 1 atom stereocenters. The zero-order chi connectivity index (χ0) is 19.5. The molecular formula is C20H22FN7. The van der Waals surface area contributed by atoms with Crippen molar-refractivity contribution in [1.82, 2.24) is 19.9 Å². The van der Waals surface area contributed by atoms with Gasteiger partial charge in [-0.3, -0.25) is 4.98 Å². The fraction of sp³-hybridized carbons (Fsp3) is 0.300. The van der Waals surface area contributed by atoms with Crippen molar-refractivity contribution in [1.29, 1.82) is 0 Å². The van der Waals surface area contributed by atoms with Gasteiger partial charge >= 0.3 is 0 Å². The zero-order valence-corrected chi connectivity index (χ0v) is 15.6. The van der Waals surface area contributed by atoms with Crippen LogP contribution in [-0.2, 0) is 0 Å². The van der Waals surface area contributed by atoms with E-state index in [4.69, 9.17) is 5.73 Å². The van der Waals surface area contributed by atoms with Crippen molar-refractivity contribution < 1.29 is 4.39 Å². The van der Waals surface area contributed by atoms with E-state index in [1.165, 1.54) is 12.1 Å². The van der Waals surface area contributed by atoms with E-state index < -0.39 is 0 Å². The van der Waals surface area contributed by atoms with Gasteiger partial charge in [0.25, 0.3) is 0 Å². The number of hydrogen-bond acceptors (Lipinski definition) is 7. The van der Waals surface area contributed by atoms with Gasteiger partial charge in [0, 0.05) is 37.0 Å². The number of halogens is 1. The fourth-order valence-electron chi connectivity index (χ4n) is 3.54. The second-order valence-electron chi connectivity index (χ2n) is 6.85. The molecule has 0 spiro atoms. The van der Waals surface area contributed by atoms with Gasteiger partial charge in [-0.2, -0.15) is 9.97 Å². The van der Waals surface area contributed by atoms with Gasteiger partial charge in [-0.1, -0.05) is 19.1 Å². The fourth-order valence-corrected chi connectivity index (χ4v) is 3.54. The first-order chi connectivity index (χ1) is 13.6. The zero-order valence-electron chi connectivity index (χ0n) is 15.6. The van der Waals surface area contributed by atoms with Crippen LogP contribution in [-0.4, -0.2) is 33.0 Å². The molecule has 1 saturated heterocycles. The van der Waals surface area contributed by atoms with E-state index in [9.17, 15) is 4.39 Å². The van der Waals surface area contributed by atoms with E-state index in [1.807, 2.05) is 0 Å². The predicted molar refractivity (Wildman–Crippen MR) is 107 cm³/mol. The highest BCUT2D eigenvalue weighted by atomic mass is 19.1. The van der Waals surface area contributed by atoms with Crippen LogP contribution in [0.2, 0.25) is 0 Å². The molecule has 0 bridgehead atoms. The Hall–Kier alpha value is -3.29. The molecule has 3 aromatic rings. The molecule has 0 amide bonds. The van der Waals surface area contributed by atoms with Gasteiger partial charge in [0.15, 0.2) is 0 Å². The molecule has 0 aliphatic carbocycles. The number of benzene rings is 1. The minimum Gasteiger partial charge on any atom is -0.368 e. The van der Waals surface area contributed by atoms with Crippen LogP contribution in [0.5, 0.6) is 0 Å². The van der Waals surface area contributed by atoms with Crippen molar-refractivity contribution in [2.75, 3.05) is 29.0 Å². The largest absolute Gasteiger partial charge is 0.368 e. The first-order valence-electron chi connectivity index (χ1n) is 9.32. The second-order valence-corrected chi connectivity index (χ2v) is 6.85. The summed E-state index contributed by atoms with van der Waals surface area (Å²) >= 11 is 0. The van der Waals surface area contributed by atoms with Crippen molar-refractivity contribution in [3.8, 4) is 0 Å². The third-order valence-corrected chi connectivity index (χ3v) is 4.96. The van der Waals surface area contributed by atoms with Crippen molar-refractivity contribution in [3.63, 3.8) is 0 Å². The Kier molecular flexibility index (Phi) is 5.01. The van der Waals surface area contributed by atoms with Crippen LogP contribution in [0.3, 0.4) is 0 Å². The maximum absolute atomic E-state index is 13.4. The van der Waals surface area contributed by atoms with E-state index in [-0.39, 0.29) is 17.7 Å². The normalized spacial score (nSPS) is 14.9. The van der Waals surface area contributed by atoms with Crippen molar-refractivity contribution >= 4 is 23.4 Å². The number of anilines is 4. The first-order valence-corrected chi connectivity index (χ1v) is 9.32.